The summed E-state index contributed by atoms with van der Waals surface area (Å²) in [6.45, 7) is 1.38. The fraction of sp³-hybridized carbons (Fsp3) is 0.286. The number of nitro benzene ring substituents is 1. The summed E-state index contributed by atoms with van der Waals surface area (Å²) in [5, 5.41) is 10.8. The summed E-state index contributed by atoms with van der Waals surface area (Å²) in [4.78, 5) is 49.3. The number of ether oxygens (including phenoxy) is 1. The number of nitro groups is 1. The molecule has 0 spiro atoms. The average Bonchev–Trinajstić information content (AvgIpc) is 2.98. The predicted octanol–water partition coefficient (Wildman–Crippen LogP) is 1.19. The Bertz CT molecular complexity index is 1260. The first-order chi connectivity index (χ1) is 15.5. The maximum Gasteiger partial charge on any atom is 0.356 e. The van der Waals surface area contributed by atoms with Gasteiger partial charge in [0.05, 0.1) is 15.9 Å². The molecule has 1 N–H and O–H groups in total. The highest BCUT2D eigenvalue weighted by Crippen LogP contribution is 2.40. The van der Waals surface area contributed by atoms with Gasteiger partial charge in [0.15, 0.2) is 5.78 Å². The molecule has 1 amide bonds. The van der Waals surface area contributed by atoms with Gasteiger partial charge in [0.1, 0.15) is 6.61 Å². The highest BCUT2D eigenvalue weighted by molar-refractivity contribution is 7.89. The van der Waals surface area contributed by atoms with Crippen LogP contribution in [0.4, 0.5) is 5.69 Å². The molecule has 2 aliphatic heterocycles. The monoisotopic (exact) mass is 473 g/mol. The molecule has 2 aliphatic rings. The van der Waals surface area contributed by atoms with E-state index in [-0.39, 0.29) is 30.0 Å². The van der Waals surface area contributed by atoms with E-state index in [0.717, 1.165) is 10.5 Å². The lowest BCUT2D eigenvalue weighted by atomic mass is 10.0. The number of nitrogens with zero attached hydrogens (tertiary/aromatic N) is 2. The van der Waals surface area contributed by atoms with E-state index in [1.807, 2.05) is 0 Å². The van der Waals surface area contributed by atoms with Gasteiger partial charge in [0, 0.05) is 25.0 Å². The third kappa shape index (κ3) is 3.87. The van der Waals surface area contributed by atoms with Crippen LogP contribution < -0.4 is 4.72 Å². The van der Waals surface area contributed by atoms with Crippen molar-refractivity contribution in [3.05, 3.63) is 69.8 Å². The first kappa shape index (κ1) is 22.6. The summed E-state index contributed by atoms with van der Waals surface area (Å²) in [5.41, 5.74) is -1.49. The lowest BCUT2D eigenvalue weighted by Gasteiger charge is -2.43. The highest BCUT2D eigenvalue weighted by Gasteiger charge is 2.67. The first-order valence-corrected chi connectivity index (χ1v) is 11.4. The zero-order valence-corrected chi connectivity index (χ0v) is 18.2. The Hall–Kier alpha value is -3.64. The summed E-state index contributed by atoms with van der Waals surface area (Å²) in [5.74, 6) is -2.58. The number of carbonyl (C=O) groups is 3. The van der Waals surface area contributed by atoms with E-state index in [1.54, 1.807) is 19.1 Å². The molecule has 12 heteroatoms. The van der Waals surface area contributed by atoms with Gasteiger partial charge in [-0.3, -0.25) is 19.7 Å². The molecule has 2 saturated heterocycles. The number of hydrogen-bond acceptors (Lipinski definition) is 8. The van der Waals surface area contributed by atoms with Crippen molar-refractivity contribution >= 4 is 33.4 Å². The van der Waals surface area contributed by atoms with Crippen LogP contribution in [0, 0.1) is 17.0 Å². The molecule has 11 nitrogen and oxygen atoms in total. The molecular weight excluding hydrogens is 454 g/mol. The molecule has 2 aromatic rings. The van der Waals surface area contributed by atoms with Gasteiger partial charge < -0.3 is 9.64 Å². The van der Waals surface area contributed by atoms with Crippen molar-refractivity contribution in [1.82, 2.24) is 9.62 Å². The summed E-state index contributed by atoms with van der Waals surface area (Å²) in [7, 11) is -4.38. The zero-order valence-electron chi connectivity index (χ0n) is 17.4. The number of non-ortho nitro benzene ring substituents is 1. The number of β-lactam (4-membered cyclic amide) rings is 1. The van der Waals surface area contributed by atoms with Crippen LogP contribution in [-0.4, -0.2) is 47.6 Å². The van der Waals surface area contributed by atoms with Crippen LogP contribution in [0.2, 0.25) is 0 Å². The Labute approximate surface area is 188 Å². The van der Waals surface area contributed by atoms with Crippen molar-refractivity contribution in [2.24, 2.45) is 0 Å². The Kier molecular flexibility index (Phi) is 5.50. The Morgan fingerprint density at radius 3 is 2.36 bits per heavy atom. The molecule has 4 rings (SSSR count). The van der Waals surface area contributed by atoms with Crippen molar-refractivity contribution in [3.63, 3.8) is 0 Å². The summed E-state index contributed by atoms with van der Waals surface area (Å²) >= 11 is 0. The van der Waals surface area contributed by atoms with Gasteiger partial charge in [0.25, 0.3) is 11.4 Å². The molecule has 0 radical (unpaired) electrons. The van der Waals surface area contributed by atoms with Gasteiger partial charge in [-0.1, -0.05) is 17.7 Å². The quantitative estimate of drug-likeness (QED) is 0.207. The number of nitrogens with one attached hydrogen (secondary N) is 1. The van der Waals surface area contributed by atoms with Gasteiger partial charge >= 0.3 is 5.97 Å². The number of fused-ring (bicyclic) bond motifs is 1. The van der Waals surface area contributed by atoms with E-state index in [9.17, 15) is 32.9 Å². The van der Waals surface area contributed by atoms with Crippen LogP contribution in [0.3, 0.4) is 0 Å². The summed E-state index contributed by atoms with van der Waals surface area (Å²) < 4.78 is 33.5. The van der Waals surface area contributed by atoms with Crippen molar-refractivity contribution in [2.45, 2.75) is 43.0 Å². The normalized spacial score (nSPS) is 22.0. The predicted molar refractivity (Wildman–Crippen MR) is 112 cm³/mol. The van der Waals surface area contributed by atoms with Crippen LogP contribution in [0.5, 0.6) is 0 Å². The molecule has 2 unspecified atom stereocenters. The van der Waals surface area contributed by atoms with Crippen LogP contribution in [-0.2, 0) is 35.8 Å². The Morgan fingerprint density at radius 2 is 1.79 bits per heavy atom. The minimum Gasteiger partial charge on any atom is -0.458 e. The van der Waals surface area contributed by atoms with Gasteiger partial charge in [-0.2, -0.15) is 4.72 Å². The van der Waals surface area contributed by atoms with Crippen molar-refractivity contribution < 1.29 is 32.5 Å². The van der Waals surface area contributed by atoms with Gasteiger partial charge in [-0.15, -0.1) is 0 Å². The van der Waals surface area contributed by atoms with E-state index in [2.05, 4.69) is 4.72 Å². The van der Waals surface area contributed by atoms with Gasteiger partial charge in [-0.05, 0) is 36.8 Å². The van der Waals surface area contributed by atoms with Gasteiger partial charge in [-0.25, -0.2) is 13.2 Å². The second-order valence-electron chi connectivity index (χ2n) is 7.88. The molecular formula is C21H19N3O8S. The molecule has 33 heavy (non-hydrogen) atoms. The number of esters is 1. The molecule has 172 valence electrons. The zero-order chi connectivity index (χ0) is 24.0. The average molecular weight is 473 g/mol. The third-order valence-corrected chi connectivity index (χ3v) is 7.11. The lowest BCUT2D eigenvalue weighted by molar-refractivity contribution is -0.384. The SMILES string of the molecule is Cc1ccc(S(=O)(=O)NC2(C(=O)OCc3ccc([N+](=O)[O-])cc3)C(=O)CC3CC(=O)N32)cc1. The maximum absolute atomic E-state index is 13.2. The fourth-order valence-corrected chi connectivity index (χ4v) is 5.20. The number of Topliss-reactive ketones (excluding diaryl/α,β-unsaturated/α-hetero) is 1. The smallest absolute Gasteiger partial charge is 0.356 e. The standard InChI is InChI=1S/C21H19N3O8S/c1-13-2-8-17(9-3-13)33(30,31)22-21(18(25)10-16-11-19(26)23(16)21)20(27)32-12-14-4-6-15(7-5-14)24(28)29/h2-9,16,22H,10-12H2,1H3. The molecule has 2 fully saturated rings. The van der Waals surface area contributed by atoms with Crippen LogP contribution >= 0.6 is 0 Å². The molecule has 2 heterocycles. The number of aryl methyl sites for hydroxylation is 1. The second kappa shape index (κ2) is 8.05. The largest absolute Gasteiger partial charge is 0.458 e. The number of carbonyl (C=O) groups excluding carboxylic acids is 3. The Morgan fingerprint density at radius 1 is 1.15 bits per heavy atom. The summed E-state index contributed by atoms with van der Waals surface area (Å²) in [6.07, 6.45) is -0.163. The Balaban J connectivity index is 1.63. The molecule has 0 aliphatic carbocycles. The fourth-order valence-electron chi connectivity index (χ4n) is 3.90. The van der Waals surface area contributed by atoms with E-state index in [1.165, 1.54) is 36.4 Å². The highest BCUT2D eigenvalue weighted by atomic mass is 32.2. The molecule has 2 atom stereocenters. The molecule has 0 aromatic heterocycles. The maximum atomic E-state index is 13.2. The van der Waals surface area contributed by atoms with Gasteiger partial charge in [0.2, 0.25) is 15.9 Å². The summed E-state index contributed by atoms with van der Waals surface area (Å²) in [6, 6.07) is 10.3. The van der Waals surface area contributed by atoms with Crippen molar-refractivity contribution in [3.8, 4) is 0 Å². The van der Waals surface area contributed by atoms with E-state index >= 15 is 0 Å². The first-order valence-electron chi connectivity index (χ1n) is 9.91. The second-order valence-corrected chi connectivity index (χ2v) is 9.56. The van der Waals surface area contributed by atoms with Crippen molar-refractivity contribution in [2.75, 3.05) is 0 Å². The number of benzene rings is 2. The van der Waals surface area contributed by atoms with Crippen molar-refractivity contribution in [1.29, 1.82) is 0 Å². The van der Waals surface area contributed by atoms with E-state index < -0.39 is 44.3 Å². The van der Waals surface area contributed by atoms with Crippen LogP contribution in [0.25, 0.3) is 0 Å². The topological polar surface area (TPSA) is 153 Å². The van der Waals surface area contributed by atoms with E-state index in [0.29, 0.717) is 5.56 Å². The minimum absolute atomic E-state index is 0.0232. The number of rotatable bonds is 7. The lowest BCUT2D eigenvalue weighted by Crippen LogP contribution is -2.72. The van der Waals surface area contributed by atoms with E-state index in [4.69, 9.17) is 4.74 Å². The van der Waals surface area contributed by atoms with Crippen LogP contribution in [0.1, 0.15) is 24.0 Å². The molecule has 2 aromatic carbocycles. The number of amides is 1. The number of sulfonamides is 1. The molecule has 0 bridgehead atoms. The number of hydrogen-bond donors (Lipinski definition) is 1. The minimum atomic E-state index is -4.38. The van der Waals surface area contributed by atoms with Crippen LogP contribution in [0.15, 0.2) is 53.4 Å². The molecule has 0 saturated carbocycles. The number of ketones is 1. The third-order valence-electron chi connectivity index (χ3n) is 5.66.